The highest BCUT2D eigenvalue weighted by Gasteiger charge is 2.26. The second kappa shape index (κ2) is 10.2. The van der Waals surface area contributed by atoms with Gasteiger partial charge in [0.15, 0.2) is 5.82 Å². The first-order chi connectivity index (χ1) is 15.5. The first-order valence-electron chi connectivity index (χ1n) is 10.9. The van der Waals surface area contributed by atoms with Gasteiger partial charge in [-0.1, -0.05) is 0 Å². The monoisotopic (exact) mass is 448 g/mol. The molecule has 0 spiro atoms. The first-order valence-corrected chi connectivity index (χ1v) is 10.9. The summed E-state index contributed by atoms with van der Waals surface area (Å²) in [6, 6.07) is 6.50. The number of aromatic nitrogens is 1. The van der Waals surface area contributed by atoms with Crippen LogP contribution in [-0.4, -0.2) is 49.9 Å². The number of halogens is 3. The van der Waals surface area contributed by atoms with E-state index in [0.717, 1.165) is 50.8 Å². The van der Waals surface area contributed by atoms with Crippen LogP contribution < -0.4 is 15.5 Å². The van der Waals surface area contributed by atoms with E-state index < -0.39 is 23.7 Å². The predicted octanol–water partition coefficient (Wildman–Crippen LogP) is 3.93. The molecule has 1 atom stereocenters. The average molecular weight is 448 g/mol. The average Bonchev–Trinajstić information content (AvgIpc) is 3.19. The molecular weight excluding hydrogens is 421 g/mol. The van der Waals surface area contributed by atoms with Crippen molar-refractivity contribution in [2.45, 2.75) is 31.9 Å². The third-order valence-corrected chi connectivity index (χ3v) is 5.78. The number of pyridine rings is 1. The standard InChI is InChI=1S/C23H27F3N4O2/c24-17-3-6-30(14-17)23-20(28-22(31)11-16-9-18(25)12-19(26)10-16)1-2-21(29-23)27-13-15-4-7-32-8-5-15/h1-2,9-10,12,15,17H,3-8,11,13-14H2,(H,27,29)(H,28,31)/t17-/m1/s1. The molecule has 1 aromatic carbocycles. The highest BCUT2D eigenvalue weighted by atomic mass is 19.1. The maximum atomic E-state index is 13.9. The molecule has 2 fully saturated rings. The molecule has 0 saturated carbocycles. The third-order valence-electron chi connectivity index (χ3n) is 5.78. The van der Waals surface area contributed by atoms with Gasteiger partial charge < -0.3 is 20.3 Å². The minimum Gasteiger partial charge on any atom is -0.381 e. The van der Waals surface area contributed by atoms with Crippen LogP contribution in [0.2, 0.25) is 0 Å². The molecule has 1 aromatic heterocycles. The summed E-state index contributed by atoms with van der Waals surface area (Å²) >= 11 is 0. The lowest BCUT2D eigenvalue weighted by Gasteiger charge is -2.24. The highest BCUT2D eigenvalue weighted by Crippen LogP contribution is 2.30. The zero-order chi connectivity index (χ0) is 22.5. The summed E-state index contributed by atoms with van der Waals surface area (Å²) in [5.74, 6) is -0.263. The molecule has 3 heterocycles. The van der Waals surface area contributed by atoms with Crippen LogP contribution in [-0.2, 0) is 16.0 Å². The van der Waals surface area contributed by atoms with E-state index in [1.165, 1.54) is 0 Å². The number of anilines is 3. The number of carbonyl (C=O) groups is 1. The Labute approximate surface area is 185 Å². The molecule has 0 aliphatic carbocycles. The van der Waals surface area contributed by atoms with Gasteiger partial charge in [-0.15, -0.1) is 0 Å². The van der Waals surface area contributed by atoms with E-state index in [0.29, 0.717) is 36.2 Å². The number of alkyl halides is 1. The molecule has 6 nitrogen and oxygen atoms in total. The highest BCUT2D eigenvalue weighted by molar-refractivity contribution is 5.95. The fraction of sp³-hybridized carbons (Fsp3) is 0.478. The van der Waals surface area contributed by atoms with Gasteiger partial charge in [0.1, 0.15) is 23.6 Å². The van der Waals surface area contributed by atoms with Crippen LogP contribution in [0.15, 0.2) is 30.3 Å². The summed E-state index contributed by atoms with van der Waals surface area (Å²) in [7, 11) is 0. The van der Waals surface area contributed by atoms with Crippen LogP contribution in [0.25, 0.3) is 0 Å². The molecule has 0 radical (unpaired) electrons. The molecule has 2 aromatic rings. The predicted molar refractivity (Wildman–Crippen MR) is 117 cm³/mol. The van der Waals surface area contributed by atoms with Crippen LogP contribution in [0.1, 0.15) is 24.8 Å². The van der Waals surface area contributed by atoms with E-state index in [9.17, 15) is 18.0 Å². The molecule has 2 aliphatic heterocycles. The normalized spacial score (nSPS) is 19.2. The van der Waals surface area contributed by atoms with E-state index >= 15 is 0 Å². The molecule has 0 bridgehead atoms. The molecule has 172 valence electrons. The SMILES string of the molecule is O=C(Cc1cc(F)cc(F)c1)Nc1ccc(NCC2CCOCC2)nc1N1CC[C@@H](F)C1. The number of benzene rings is 1. The number of amides is 1. The smallest absolute Gasteiger partial charge is 0.228 e. The van der Waals surface area contributed by atoms with E-state index in [4.69, 9.17) is 4.74 Å². The number of hydrogen-bond acceptors (Lipinski definition) is 5. The number of nitrogens with zero attached hydrogens (tertiary/aromatic N) is 2. The quantitative estimate of drug-likeness (QED) is 0.672. The van der Waals surface area contributed by atoms with Gasteiger partial charge in [-0.25, -0.2) is 18.2 Å². The maximum absolute atomic E-state index is 13.9. The Bertz CT molecular complexity index is 933. The van der Waals surface area contributed by atoms with Crippen molar-refractivity contribution < 1.29 is 22.7 Å². The second-order valence-corrected chi connectivity index (χ2v) is 8.34. The van der Waals surface area contributed by atoms with Gasteiger partial charge in [-0.05, 0) is 55.0 Å². The Balaban J connectivity index is 1.47. The van der Waals surface area contributed by atoms with Crippen molar-refractivity contribution in [1.29, 1.82) is 0 Å². The van der Waals surface area contributed by atoms with Gasteiger partial charge in [-0.3, -0.25) is 4.79 Å². The molecule has 0 unspecified atom stereocenters. The summed E-state index contributed by atoms with van der Waals surface area (Å²) in [5, 5.41) is 6.11. The van der Waals surface area contributed by atoms with Crippen molar-refractivity contribution >= 4 is 23.2 Å². The van der Waals surface area contributed by atoms with Gasteiger partial charge in [0, 0.05) is 32.4 Å². The van der Waals surface area contributed by atoms with Gasteiger partial charge in [-0.2, -0.15) is 0 Å². The van der Waals surface area contributed by atoms with Crippen LogP contribution in [0.5, 0.6) is 0 Å². The molecular formula is C23H27F3N4O2. The fourth-order valence-corrected chi connectivity index (χ4v) is 4.09. The Kier molecular flexibility index (Phi) is 7.14. The van der Waals surface area contributed by atoms with Crippen molar-refractivity contribution in [2.24, 2.45) is 5.92 Å². The minimum atomic E-state index is -0.950. The van der Waals surface area contributed by atoms with E-state index in [1.807, 2.05) is 4.90 Å². The Morgan fingerprint density at radius 2 is 1.88 bits per heavy atom. The summed E-state index contributed by atoms with van der Waals surface area (Å²) in [5.41, 5.74) is 0.673. The third kappa shape index (κ3) is 5.91. The van der Waals surface area contributed by atoms with Crippen molar-refractivity contribution in [3.05, 3.63) is 47.5 Å². The molecule has 1 amide bonds. The van der Waals surface area contributed by atoms with E-state index in [-0.39, 0.29) is 18.5 Å². The van der Waals surface area contributed by atoms with Crippen LogP contribution in [0, 0.1) is 17.6 Å². The number of hydrogen-bond donors (Lipinski definition) is 2. The lowest BCUT2D eigenvalue weighted by molar-refractivity contribution is -0.115. The Hall–Kier alpha value is -2.81. The lowest BCUT2D eigenvalue weighted by atomic mass is 10.0. The van der Waals surface area contributed by atoms with E-state index in [2.05, 4.69) is 15.6 Å². The molecule has 2 aliphatic rings. The summed E-state index contributed by atoms with van der Waals surface area (Å²) in [6.45, 7) is 2.98. The Morgan fingerprint density at radius 1 is 1.12 bits per heavy atom. The number of carbonyl (C=O) groups excluding carboxylic acids is 1. The molecule has 2 N–H and O–H groups in total. The van der Waals surface area contributed by atoms with Crippen LogP contribution >= 0.6 is 0 Å². The number of rotatable bonds is 7. The van der Waals surface area contributed by atoms with Crippen molar-refractivity contribution in [3.8, 4) is 0 Å². The summed E-state index contributed by atoms with van der Waals surface area (Å²) in [6.07, 6.45) is 1.24. The fourth-order valence-electron chi connectivity index (χ4n) is 4.09. The number of ether oxygens (including phenoxy) is 1. The van der Waals surface area contributed by atoms with E-state index in [1.54, 1.807) is 12.1 Å². The molecule has 2 saturated heterocycles. The van der Waals surface area contributed by atoms with Crippen LogP contribution in [0.4, 0.5) is 30.5 Å². The van der Waals surface area contributed by atoms with Crippen molar-refractivity contribution in [1.82, 2.24) is 4.98 Å². The molecule has 32 heavy (non-hydrogen) atoms. The van der Waals surface area contributed by atoms with Crippen molar-refractivity contribution in [2.75, 3.05) is 48.4 Å². The summed E-state index contributed by atoms with van der Waals surface area (Å²) < 4.78 is 46.1. The van der Waals surface area contributed by atoms with Gasteiger partial charge in [0.25, 0.3) is 0 Å². The van der Waals surface area contributed by atoms with Gasteiger partial charge in [0.2, 0.25) is 5.91 Å². The zero-order valence-electron chi connectivity index (χ0n) is 17.8. The zero-order valence-corrected chi connectivity index (χ0v) is 17.8. The first kappa shape index (κ1) is 22.4. The molecule has 4 rings (SSSR count). The number of nitrogens with one attached hydrogen (secondary N) is 2. The largest absolute Gasteiger partial charge is 0.381 e. The topological polar surface area (TPSA) is 66.5 Å². The Morgan fingerprint density at radius 3 is 2.56 bits per heavy atom. The minimum absolute atomic E-state index is 0.191. The summed E-state index contributed by atoms with van der Waals surface area (Å²) in [4.78, 5) is 19.0. The maximum Gasteiger partial charge on any atom is 0.228 e. The lowest BCUT2D eigenvalue weighted by Crippen LogP contribution is -2.26. The van der Waals surface area contributed by atoms with Crippen molar-refractivity contribution in [3.63, 3.8) is 0 Å². The van der Waals surface area contributed by atoms with Crippen LogP contribution in [0.3, 0.4) is 0 Å². The van der Waals surface area contributed by atoms with Gasteiger partial charge >= 0.3 is 0 Å². The van der Waals surface area contributed by atoms with Gasteiger partial charge in [0.05, 0.1) is 18.7 Å². The molecule has 9 heteroatoms. The second-order valence-electron chi connectivity index (χ2n) is 8.34.